The van der Waals surface area contributed by atoms with Crippen molar-refractivity contribution in [1.82, 2.24) is 0 Å². The van der Waals surface area contributed by atoms with Gasteiger partial charge in [-0.2, -0.15) is 0 Å². The van der Waals surface area contributed by atoms with E-state index >= 15 is 0 Å². The molecule has 0 aliphatic rings. The van der Waals surface area contributed by atoms with Gasteiger partial charge in [-0.3, -0.25) is 0 Å². The third kappa shape index (κ3) is 3.56. The molecule has 5 heteroatoms. The first-order valence-electron chi connectivity index (χ1n) is 5.74. The lowest BCUT2D eigenvalue weighted by molar-refractivity contribution is 0.0650. The molecule has 0 saturated carbocycles. The van der Waals surface area contributed by atoms with Gasteiger partial charge in [0.25, 0.3) is 0 Å². The summed E-state index contributed by atoms with van der Waals surface area (Å²) in [5, 5.41) is 18.1. The van der Waals surface area contributed by atoms with Crippen molar-refractivity contribution in [3.8, 4) is 0 Å². The summed E-state index contributed by atoms with van der Waals surface area (Å²) in [6.45, 7) is 3.03. The fourth-order valence-corrected chi connectivity index (χ4v) is 1.75. The van der Waals surface area contributed by atoms with Gasteiger partial charge in [0.05, 0.1) is 11.1 Å². The summed E-state index contributed by atoms with van der Waals surface area (Å²) >= 11 is 0. The van der Waals surface area contributed by atoms with Crippen molar-refractivity contribution in [1.29, 1.82) is 0 Å². The molecule has 0 atom stereocenters. The molecule has 0 radical (unpaired) electrons. The molecule has 98 valence electrons. The van der Waals surface area contributed by atoms with E-state index in [1.807, 2.05) is 6.92 Å². The number of aryl methyl sites for hydroxylation is 1. The van der Waals surface area contributed by atoms with Gasteiger partial charge < -0.3 is 14.9 Å². The predicted octanol–water partition coefficient (Wildman–Crippen LogP) is 2.05. The molecule has 0 fully saturated rings. The van der Waals surface area contributed by atoms with Gasteiger partial charge in [0.2, 0.25) is 0 Å². The van der Waals surface area contributed by atoms with Gasteiger partial charge in [0.15, 0.2) is 0 Å². The van der Waals surface area contributed by atoms with Crippen LogP contribution in [0.25, 0.3) is 0 Å². The summed E-state index contributed by atoms with van der Waals surface area (Å²) in [5.41, 5.74) is 0.236. The molecule has 0 saturated heterocycles. The van der Waals surface area contributed by atoms with E-state index in [9.17, 15) is 9.59 Å². The molecule has 2 N–H and O–H groups in total. The summed E-state index contributed by atoms with van der Waals surface area (Å²) in [4.78, 5) is 22.1. The Balaban J connectivity index is 2.93. The van der Waals surface area contributed by atoms with Crippen LogP contribution in [0.5, 0.6) is 0 Å². The Bertz CT molecular complexity index is 439. The number of carboxylic acids is 2. The van der Waals surface area contributed by atoms with Crippen LogP contribution < -0.4 is 0 Å². The minimum absolute atomic E-state index is 0.124. The second kappa shape index (κ2) is 6.76. The Morgan fingerprint density at radius 2 is 1.94 bits per heavy atom. The van der Waals surface area contributed by atoms with Crippen molar-refractivity contribution < 1.29 is 24.5 Å². The van der Waals surface area contributed by atoms with Crippen LogP contribution >= 0.6 is 0 Å². The molecule has 0 aromatic heterocycles. The quantitative estimate of drug-likeness (QED) is 0.725. The van der Waals surface area contributed by atoms with Crippen LogP contribution in [0.15, 0.2) is 18.2 Å². The van der Waals surface area contributed by atoms with E-state index in [2.05, 4.69) is 0 Å². The molecule has 0 unspecified atom stereocenters. The monoisotopic (exact) mass is 252 g/mol. The average molecular weight is 252 g/mol. The number of rotatable bonds is 7. The molecule has 0 aliphatic carbocycles. The zero-order valence-electron chi connectivity index (χ0n) is 10.2. The number of aromatic carboxylic acids is 2. The van der Waals surface area contributed by atoms with E-state index < -0.39 is 11.9 Å². The predicted molar refractivity (Wildman–Crippen MR) is 65.2 cm³/mol. The number of carbonyl (C=O) groups is 2. The van der Waals surface area contributed by atoms with Crippen LogP contribution in [0.2, 0.25) is 0 Å². The van der Waals surface area contributed by atoms with E-state index in [0.29, 0.717) is 31.6 Å². The van der Waals surface area contributed by atoms with Gasteiger partial charge in [0, 0.05) is 13.2 Å². The standard InChI is InChI=1S/C13H16O5/c1-2-18-8-4-6-9-5-3-7-10(12(14)15)11(9)13(16)17/h3,5,7H,2,4,6,8H2,1H3,(H,14,15)(H,16,17). The normalized spacial score (nSPS) is 10.3. The largest absolute Gasteiger partial charge is 0.478 e. The first-order chi connectivity index (χ1) is 8.57. The minimum Gasteiger partial charge on any atom is -0.478 e. The van der Waals surface area contributed by atoms with Gasteiger partial charge in [0.1, 0.15) is 0 Å². The lowest BCUT2D eigenvalue weighted by Crippen LogP contribution is -2.12. The Morgan fingerprint density at radius 3 is 2.50 bits per heavy atom. The van der Waals surface area contributed by atoms with E-state index in [1.54, 1.807) is 12.1 Å². The summed E-state index contributed by atoms with van der Waals surface area (Å²) < 4.78 is 5.17. The average Bonchev–Trinajstić information content (AvgIpc) is 2.33. The maximum Gasteiger partial charge on any atom is 0.336 e. The van der Waals surface area contributed by atoms with E-state index in [4.69, 9.17) is 14.9 Å². The molecule has 1 aromatic rings. The molecular weight excluding hydrogens is 236 g/mol. The third-order valence-electron chi connectivity index (χ3n) is 2.53. The molecule has 1 rings (SSSR count). The molecule has 0 aliphatic heterocycles. The molecule has 0 bridgehead atoms. The minimum atomic E-state index is -1.22. The number of carboxylic acid groups (broad SMARTS) is 2. The highest BCUT2D eigenvalue weighted by Gasteiger charge is 2.19. The zero-order valence-corrected chi connectivity index (χ0v) is 10.2. The fourth-order valence-electron chi connectivity index (χ4n) is 1.75. The maximum atomic E-state index is 11.1. The van der Waals surface area contributed by atoms with Crippen LogP contribution in [-0.2, 0) is 11.2 Å². The maximum absolute atomic E-state index is 11.1. The Hall–Kier alpha value is -1.88. The van der Waals surface area contributed by atoms with Crippen molar-refractivity contribution in [2.75, 3.05) is 13.2 Å². The van der Waals surface area contributed by atoms with Crippen LogP contribution in [0.3, 0.4) is 0 Å². The highest BCUT2D eigenvalue weighted by atomic mass is 16.5. The highest BCUT2D eigenvalue weighted by molar-refractivity contribution is 6.02. The topological polar surface area (TPSA) is 83.8 Å². The van der Waals surface area contributed by atoms with Crippen molar-refractivity contribution >= 4 is 11.9 Å². The number of benzene rings is 1. The Kier molecular flexibility index (Phi) is 5.32. The number of hydrogen-bond acceptors (Lipinski definition) is 3. The molecule has 0 spiro atoms. The van der Waals surface area contributed by atoms with Crippen LogP contribution in [0.4, 0.5) is 0 Å². The SMILES string of the molecule is CCOCCCc1cccc(C(=O)O)c1C(=O)O. The van der Waals surface area contributed by atoms with Crippen molar-refractivity contribution in [3.05, 3.63) is 34.9 Å². The van der Waals surface area contributed by atoms with Crippen molar-refractivity contribution in [2.24, 2.45) is 0 Å². The molecule has 1 aromatic carbocycles. The molecular formula is C13H16O5. The summed E-state index contributed by atoms with van der Waals surface area (Å²) in [6, 6.07) is 4.51. The molecule has 0 amide bonds. The second-order valence-corrected chi connectivity index (χ2v) is 3.75. The smallest absolute Gasteiger partial charge is 0.336 e. The van der Waals surface area contributed by atoms with E-state index in [1.165, 1.54) is 6.07 Å². The number of hydrogen-bond donors (Lipinski definition) is 2. The van der Waals surface area contributed by atoms with Gasteiger partial charge in [-0.25, -0.2) is 9.59 Å². The van der Waals surface area contributed by atoms with Gasteiger partial charge in [-0.15, -0.1) is 0 Å². The summed E-state index contributed by atoms with van der Waals surface area (Å²) in [7, 11) is 0. The van der Waals surface area contributed by atoms with Gasteiger partial charge >= 0.3 is 11.9 Å². The third-order valence-corrected chi connectivity index (χ3v) is 2.53. The zero-order chi connectivity index (χ0) is 13.5. The molecule has 0 heterocycles. The Morgan fingerprint density at radius 1 is 1.22 bits per heavy atom. The summed E-state index contributed by atoms with van der Waals surface area (Å²) in [6.07, 6.45) is 1.15. The first kappa shape index (κ1) is 14.2. The number of ether oxygens (including phenoxy) is 1. The second-order valence-electron chi connectivity index (χ2n) is 3.75. The van der Waals surface area contributed by atoms with Crippen LogP contribution in [0.1, 0.15) is 39.6 Å². The lowest BCUT2D eigenvalue weighted by Gasteiger charge is -2.09. The molecule has 5 nitrogen and oxygen atoms in total. The van der Waals surface area contributed by atoms with Crippen molar-refractivity contribution in [2.45, 2.75) is 19.8 Å². The van der Waals surface area contributed by atoms with Gasteiger partial charge in [-0.05, 0) is 31.4 Å². The fraction of sp³-hybridized carbons (Fsp3) is 0.385. The summed E-state index contributed by atoms with van der Waals surface area (Å²) in [5.74, 6) is -2.43. The van der Waals surface area contributed by atoms with Crippen LogP contribution in [-0.4, -0.2) is 35.4 Å². The van der Waals surface area contributed by atoms with Crippen LogP contribution in [0, 0.1) is 0 Å². The van der Waals surface area contributed by atoms with Gasteiger partial charge in [-0.1, -0.05) is 12.1 Å². The molecule has 18 heavy (non-hydrogen) atoms. The van der Waals surface area contributed by atoms with E-state index in [0.717, 1.165) is 0 Å². The highest BCUT2D eigenvalue weighted by Crippen LogP contribution is 2.17. The Labute approximate surface area is 105 Å². The van der Waals surface area contributed by atoms with E-state index in [-0.39, 0.29) is 11.1 Å². The lowest BCUT2D eigenvalue weighted by atomic mass is 9.98. The van der Waals surface area contributed by atoms with Crippen molar-refractivity contribution in [3.63, 3.8) is 0 Å². The first-order valence-corrected chi connectivity index (χ1v) is 5.74.